The summed E-state index contributed by atoms with van der Waals surface area (Å²) >= 11 is 0. The SMILES string of the molecule is [2H]c1c([2H])c([C@]2([2H])c3[nH]c4ccccc4c3C[C@@H]3C(=O)N(C)CC(=O)N32)c([2H])c2c1OCO2. The predicted octanol–water partition coefficient (Wildman–Crippen LogP) is 2.21. The van der Waals surface area contributed by atoms with E-state index in [0.717, 1.165) is 10.9 Å². The van der Waals surface area contributed by atoms with Crippen molar-refractivity contribution in [2.24, 2.45) is 0 Å². The van der Waals surface area contributed by atoms with Gasteiger partial charge in [0.05, 0.1) is 18.0 Å². The van der Waals surface area contributed by atoms with E-state index in [1.165, 1.54) is 9.80 Å². The summed E-state index contributed by atoms with van der Waals surface area (Å²) < 4.78 is 46.3. The second-order valence-corrected chi connectivity index (χ2v) is 7.37. The number of para-hydroxylation sites is 1. The number of carbonyl (C=O) groups excluding carboxylic acids is 2. The number of nitrogens with zero attached hydrogens (tertiary/aromatic N) is 2. The Bertz CT molecular complexity index is 1390. The summed E-state index contributed by atoms with van der Waals surface area (Å²) in [6, 6.07) is 3.26. The molecule has 3 aliphatic heterocycles. The van der Waals surface area contributed by atoms with Crippen molar-refractivity contribution >= 4 is 22.7 Å². The molecule has 4 heterocycles. The Morgan fingerprint density at radius 3 is 2.93 bits per heavy atom. The normalized spacial score (nSPS) is 27.3. The summed E-state index contributed by atoms with van der Waals surface area (Å²) in [6.07, 6.45) is 0.202. The van der Waals surface area contributed by atoms with Crippen LogP contribution in [0, 0.1) is 0 Å². The molecular weight excluding hydrogens is 370 g/mol. The largest absolute Gasteiger partial charge is 0.454 e. The van der Waals surface area contributed by atoms with Crippen LogP contribution < -0.4 is 9.47 Å². The molecule has 7 nitrogen and oxygen atoms in total. The number of H-pyrrole nitrogens is 1. The first-order chi connectivity index (χ1) is 15.7. The summed E-state index contributed by atoms with van der Waals surface area (Å²) in [7, 11) is 1.54. The third-order valence-corrected chi connectivity index (χ3v) is 5.69. The Morgan fingerprint density at radius 2 is 2.03 bits per heavy atom. The molecule has 1 aromatic heterocycles. The molecule has 1 fully saturated rings. The fourth-order valence-corrected chi connectivity index (χ4v) is 4.37. The average Bonchev–Trinajstić information content (AvgIpc) is 3.42. The first-order valence-electron chi connectivity index (χ1n) is 11.3. The predicted molar refractivity (Wildman–Crippen MR) is 105 cm³/mol. The van der Waals surface area contributed by atoms with Gasteiger partial charge in [-0.2, -0.15) is 0 Å². The van der Waals surface area contributed by atoms with Gasteiger partial charge in [-0.3, -0.25) is 9.59 Å². The van der Waals surface area contributed by atoms with Gasteiger partial charge in [0.25, 0.3) is 0 Å². The molecule has 29 heavy (non-hydrogen) atoms. The lowest BCUT2D eigenvalue weighted by Crippen LogP contribution is -2.62. The monoisotopic (exact) mass is 393 g/mol. The lowest BCUT2D eigenvalue weighted by molar-refractivity contribution is -0.157. The first-order valence-corrected chi connectivity index (χ1v) is 9.32. The van der Waals surface area contributed by atoms with Gasteiger partial charge in [0.15, 0.2) is 11.5 Å². The molecule has 0 radical (unpaired) electrons. The van der Waals surface area contributed by atoms with Gasteiger partial charge in [-0.25, -0.2) is 0 Å². The van der Waals surface area contributed by atoms with Crippen molar-refractivity contribution in [2.75, 3.05) is 20.4 Å². The van der Waals surface area contributed by atoms with Crippen LogP contribution in [0.15, 0.2) is 42.4 Å². The van der Waals surface area contributed by atoms with E-state index in [1.807, 2.05) is 24.3 Å². The summed E-state index contributed by atoms with van der Waals surface area (Å²) in [5, 5.41) is 0.808. The summed E-state index contributed by atoms with van der Waals surface area (Å²) in [5.41, 5.74) is 1.52. The van der Waals surface area contributed by atoms with Crippen LogP contribution in [-0.2, 0) is 16.0 Å². The molecule has 0 spiro atoms. The number of hydrogen-bond donors (Lipinski definition) is 1. The van der Waals surface area contributed by atoms with Gasteiger partial charge in [-0.1, -0.05) is 24.2 Å². The molecule has 2 atom stereocenters. The highest BCUT2D eigenvalue weighted by molar-refractivity contribution is 5.97. The fraction of sp³-hybridized carbons (Fsp3) is 0.273. The van der Waals surface area contributed by atoms with Crippen molar-refractivity contribution in [3.63, 3.8) is 0 Å². The smallest absolute Gasteiger partial charge is 0.245 e. The van der Waals surface area contributed by atoms with E-state index >= 15 is 0 Å². The number of likely N-dealkylation sites (N-methyl/N-ethyl adjacent to an activating group) is 1. The second kappa shape index (κ2) is 5.76. The molecule has 2 amide bonds. The number of benzene rings is 2. The number of ether oxygens (including phenoxy) is 2. The maximum atomic E-state index is 13.3. The molecule has 6 rings (SSSR count). The number of fused-ring (bicyclic) bond motifs is 5. The van der Waals surface area contributed by atoms with Gasteiger partial charge < -0.3 is 24.3 Å². The highest BCUT2D eigenvalue weighted by Crippen LogP contribution is 2.44. The molecule has 7 heteroatoms. The molecule has 3 aliphatic rings. The number of aromatic nitrogens is 1. The van der Waals surface area contributed by atoms with E-state index in [9.17, 15) is 11.0 Å². The molecule has 146 valence electrons. The fourth-order valence-electron chi connectivity index (χ4n) is 4.37. The van der Waals surface area contributed by atoms with Crippen molar-refractivity contribution in [3.05, 3.63) is 59.2 Å². The number of hydrogen-bond acceptors (Lipinski definition) is 4. The topological polar surface area (TPSA) is 74.9 Å². The minimum absolute atomic E-state index is 0.0256. The van der Waals surface area contributed by atoms with Crippen LogP contribution in [0.25, 0.3) is 10.9 Å². The van der Waals surface area contributed by atoms with Crippen LogP contribution in [0.2, 0.25) is 0 Å². The van der Waals surface area contributed by atoms with E-state index < -0.39 is 24.0 Å². The molecule has 1 N–H and O–H groups in total. The van der Waals surface area contributed by atoms with Gasteiger partial charge in [0, 0.05) is 30.1 Å². The zero-order chi connectivity index (χ0) is 23.2. The number of piperazine rings is 1. The third kappa shape index (κ3) is 2.24. The zero-order valence-electron chi connectivity index (χ0n) is 19.5. The van der Waals surface area contributed by atoms with Crippen LogP contribution in [0.4, 0.5) is 0 Å². The van der Waals surface area contributed by atoms with E-state index in [1.54, 1.807) is 7.05 Å². The minimum Gasteiger partial charge on any atom is -0.454 e. The number of carbonyl (C=O) groups is 2. The molecule has 2 aromatic carbocycles. The van der Waals surface area contributed by atoms with Crippen molar-refractivity contribution in [1.29, 1.82) is 0 Å². The number of nitrogens with one attached hydrogen (secondary N) is 1. The molecule has 0 unspecified atom stereocenters. The maximum Gasteiger partial charge on any atom is 0.245 e. The van der Waals surface area contributed by atoms with Crippen molar-refractivity contribution < 1.29 is 24.5 Å². The van der Waals surface area contributed by atoms with Crippen molar-refractivity contribution in [3.8, 4) is 11.5 Å². The van der Waals surface area contributed by atoms with E-state index in [0.29, 0.717) is 11.3 Å². The van der Waals surface area contributed by atoms with Crippen LogP contribution in [0.3, 0.4) is 0 Å². The molecule has 0 saturated carbocycles. The van der Waals surface area contributed by atoms with Gasteiger partial charge in [0.2, 0.25) is 18.6 Å². The highest BCUT2D eigenvalue weighted by atomic mass is 16.7. The summed E-state index contributed by atoms with van der Waals surface area (Å²) in [6.45, 7) is -0.419. The van der Waals surface area contributed by atoms with Crippen molar-refractivity contribution in [2.45, 2.75) is 18.5 Å². The average molecular weight is 393 g/mol. The highest BCUT2D eigenvalue weighted by Gasteiger charge is 2.47. The maximum absolute atomic E-state index is 13.3. The Labute approximate surface area is 172 Å². The first kappa shape index (κ1) is 12.9. The van der Waals surface area contributed by atoms with Gasteiger partial charge in [0.1, 0.15) is 6.04 Å². The van der Waals surface area contributed by atoms with E-state index in [-0.39, 0.29) is 54.8 Å². The summed E-state index contributed by atoms with van der Waals surface area (Å²) in [4.78, 5) is 32.2. The van der Waals surface area contributed by atoms with E-state index in [4.69, 9.17) is 13.6 Å². The van der Waals surface area contributed by atoms with Crippen LogP contribution in [0.5, 0.6) is 11.5 Å². The Balaban J connectivity index is 1.73. The zero-order valence-corrected chi connectivity index (χ0v) is 15.5. The van der Waals surface area contributed by atoms with Gasteiger partial charge in [-0.05, 0) is 29.3 Å². The lowest BCUT2D eigenvalue weighted by atomic mass is 9.86. The minimum atomic E-state index is -2.11. The molecular formula is C22H19N3O4. The Morgan fingerprint density at radius 1 is 1.21 bits per heavy atom. The van der Waals surface area contributed by atoms with Crippen molar-refractivity contribution in [1.82, 2.24) is 14.8 Å². The lowest BCUT2D eigenvalue weighted by Gasteiger charge is -2.46. The standard InChI is InChI=1S/C22H19N3O4/c1-24-10-19(26)25-16(22(24)27)9-14-13-4-2-3-5-15(13)23-20(14)21(25)12-6-7-17-18(8-12)29-11-28-17/h2-8,16,21,23H,9-11H2,1H3/t16-,21-/m1/s1/i6D,7D,8D,21D. The number of aromatic amines is 1. The quantitative estimate of drug-likeness (QED) is 0.688. The van der Waals surface area contributed by atoms with Gasteiger partial charge >= 0.3 is 0 Å². The van der Waals surface area contributed by atoms with Crippen LogP contribution in [-0.4, -0.2) is 53.0 Å². The van der Waals surface area contributed by atoms with Crippen LogP contribution >= 0.6 is 0 Å². The number of rotatable bonds is 1. The molecule has 3 aromatic rings. The molecule has 0 bridgehead atoms. The molecule has 0 aliphatic carbocycles. The van der Waals surface area contributed by atoms with E-state index in [2.05, 4.69) is 4.98 Å². The van der Waals surface area contributed by atoms with Crippen LogP contribution in [0.1, 0.15) is 28.3 Å². The Kier molecular flexibility index (Phi) is 2.56. The summed E-state index contributed by atoms with van der Waals surface area (Å²) in [5.74, 6) is -0.843. The molecule has 1 saturated heterocycles. The second-order valence-electron chi connectivity index (χ2n) is 7.37. The Hall–Kier alpha value is -3.48. The third-order valence-electron chi connectivity index (χ3n) is 5.69. The number of amides is 2. The van der Waals surface area contributed by atoms with Gasteiger partial charge in [-0.15, -0.1) is 0 Å².